The second kappa shape index (κ2) is 3.79. The Morgan fingerprint density at radius 2 is 1.57 bits per heavy atom. The van der Waals surface area contributed by atoms with Crippen molar-refractivity contribution in [1.29, 1.82) is 0 Å². The molecule has 1 aliphatic heterocycles. The highest BCUT2D eigenvalue weighted by Crippen LogP contribution is 2.16. The van der Waals surface area contributed by atoms with Gasteiger partial charge in [0.15, 0.2) is 9.84 Å². The lowest BCUT2D eigenvalue weighted by Gasteiger charge is -2.42. The van der Waals surface area contributed by atoms with Crippen LogP contribution in [-0.4, -0.2) is 55.6 Å². The fraction of sp³-hybridized carbons (Fsp3) is 1.00. The van der Waals surface area contributed by atoms with Gasteiger partial charge < -0.3 is 0 Å². The van der Waals surface area contributed by atoms with Crippen LogP contribution in [0.1, 0.15) is 20.8 Å². The highest BCUT2D eigenvalue weighted by molar-refractivity contribution is 7.91. The molecule has 4 nitrogen and oxygen atoms in total. The summed E-state index contributed by atoms with van der Waals surface area (Å²) in [6.07, 6.45) is 0. The lowest BCUT2D eigenvalue weighted by Crippen LogP contribution is -2.55. The summed E-state index contributed by atoms with van der Waals surface area (Å²) in [6, 6.07) is 0. The quantitative estimate of drug-likeness (QED) is 0.640. The second-order valence-corrected chi connectivity index (χ2v) is 7.10. The van der Waals surface area contributed by atoms with Gasteiger partial charge in [0.1, 0.15) is 0 Å². The van der Waals surface area contributed by atoms with E-state index in [1.807, 2.05) is 7.05 Å². The van der Waals surface area contributed by atoms with Crippen molar-refractivity contribution in [2.24, 2.45) is 0 Å². The molecule has 1 heterocycles. The van der Waals surface area contributed by atoms with E-state index in [2.05, 4.69) is 30.8 Å². The molecule has 0 aromatic rings. The summed E-state index contributed by atoms with van der Waals surface area (Å²) >= 11 is 0. The first-order valence-corrected chi connectivity index (χ1v) is 6.74. The van der Waals surface area contributed by atoms with E-state index in [4.69, 9.17) is 0 Å². The van der Waals surface area contributed by atoms with Crippen LogP contribution in [0.25, 0.3) is 0 Å². The predicted octanol–water partition coefficient (Wildman–Crippen LogP) is 0.362. The van der Waals surface area contributed by atoms with Gasteiger partial charge in [-0.25, -0.2) is 18.4 Å². The van der Waals surface area contributed by atoms with Crippen LogP contribution in [0.3, 0.4) is 0 Å². The number of hydrazine groups is 1. The van der Waals surface area contributed by atoms with Crippen molar-refractivity contribution in [3.63, 3.8) is 0 Å². The first kappa shape index (κ1) is 11.9. The average Bonchev–Trinajstić information content (AvgIpc) is 2.01. The van der Waals surface area contributed by atoms with Crippen LogP contribution in [0, 0.1) is 0 Å². The summed E-state index contributed by atoms with van der Waals surface area (Å²) < 4.78 is 22.4. The predicted molar refractivity (Wildman–Crippen MR) is 57.7 cm³/mol. The van der Waals surface area contributed by atoms with Crippen LogP contribution in [0.4, 0.5) is 0 Å². The summed E-state index contributed by atoms with van der Waals surface area (Å²) in [7, 11) is -0.751. The van der Waals surface area contributed by atoms with Crippen molar-refractivity contribution in [3.8, 4) is 0 Å². The molecular weight excluding hydrogens is 200 g/mol. The number of nitrogens with zero attached hydrogens (tertiary/aromatic N) is 2. The van der Waals surface area contributed by atoms with Crippen LogP contribution in [0.15, 0.2) is 0 Å². The smallest absolute Gasteiger partial charge is 0.152 e. The van der Waals surface area contributed by atoms with E-state index in [1.165, 1.54) is 0 Å². The standard InChI is InChI=1S/C9H20N2O2S/c1-9(2,3)10(4)11-5-7-14(12,13)8-6-11/h5-8H2,1-4H3. The molecule has 0 aromatic carbocycles. The third-order valence-corrected chi connectivity index (χ3v) is 4.33. The highest BCUT2D eigenvalue weighted by atomic mass is 32.2. The van der Waals surface area contributed by atoms with Gasteiger partial charge in [-0.15, -0.1) is 0 Å². The van der Waals surface area contributed by atoms with Crippen molar-refractivity contribution in [1.82, 2.24) is 10.0 Å². The van der Waals surface area contributed by atoms with Gasteiger partial charge in [0, 0.05) is 25.7 Å². The van der Waals surface area contributed by atoms with Gasteiger partial charge in [0.25, 0.3) is 0 Å². The normalized spacial score (nSPS) is 24.1. The maximum Gasteiger partial charge on any atom is 0.152 e. The molecule has 84 valence electrons. The molecule has 0 spiro atoms. The van der Waals surface area contributed by atoms with E-state index < -0.39 is 9.84 Å². The lowest BCUT2D eigenvalue weighted by molar-refractivity contribution is -0.0617. The largest absolute Gasteiger partial charge is 0.240 e. The summed E-state index contributed by atoms with van der Waals surface area (Å²) in [5.41, 5.74) is 0.0566. The molecule has 1 rings (SSSR count). The Labute approximate surface area is 86.8 Å². The SMILES string of the molecule is CN(N1CCS(=O)(=O)CC1)C(C)(C)C. The first-order chi connectivity index (χ1) is 6.22. The Morgan fingerprint density at radius 3 is 1.93 bits per heavy atom. The van der Waals surface area contributed by atoms with Crippen LogP contribution >= 0.6 is 0 Å². The van der Waals surface area contributed by atoms with E-state index >= 15 is 0 Å². The lowest BCUT2D eigenvalue weighted by atomic mass is 10.1. The van der Waals surface area contributed by atoms with Gasteiger partial charge in [0.05, 0.1) is 11.5 Å². The molecule has 0 unspecified atom stereocenters. The summed E-state index contributed by atoms with van der Waals surface area (Å²) in [6.45, 7) is 7.61. The van der Waals surface area contributed by atoms with Crippen molar-refractivity contribution < 1.29 is 8.42 Å². The van der Waals surface area contributed by atoms with E-state index in [-0.39, 0.29) is 17.0 Å². The minimum atomic E-state index is -2.76. The average molecular weight is 220 g/mol. The van der Waals surface area contributed by atoms with Gasteiger partial charge in [-0.1, -0.05) is 0 Å². The van der Waals surface area contributed by atoms with Gasteiger partial charge >= 0.3 is 0 Å². The third-order valence-electron chi connectivity index (χ3n) is 2.72. The molecule has 0 bridgehead atoms. The fourth-order valence-corrected chi connectivity index (χ4v) is 2.61. The zero-order chi connectivity index (χ0) is 11.0. The van der Waals surface area contributed by atoms with Gasteiger partial charge in [-0.3, -0.25) is 0 Å². The Balaban J connectivity index is 2.59. The monoisotopic (exact) mass is 220 g/mol. The van der Waals surface area contributed by atoms with Crippen molar-refractivity contribution in [2.75, 3.05) is 31.6 Å². The number of sulfone groups is 1. The molecule has 0 atom stereocenters. The topological polar surface area (TPSA) is 40.6 Å². The number of hydrogen-bond acceptors (Lipinski definition) is 4. The maximum absolute atomic E-state index is 11.2. The number of rotatable bonds is 1. The molecule has 5 heteroatoms. The van der Waals surface area contributed by atoms with Gasteiger partial charge in [-0.2, -0.15) is 0 Å². The van der Waals surface area contributed by atoms with Gasteiger partial charge in [-0.05, 0) is 20.8 Å². The fourth-order valence-electron chi connectivity index (χ4n) is 1.43. The molecule has 1 aliphatic rings. The Kier molecular flexibility index (Phi) is 3.23. The minimum absolute atomic E-state index is 0.0566. The molecule has 1 saturated heterocycles. The molecule has 1 fully saturated rings. The Morgan fingerprint density at radius 1 is 1.14 bits per heavy atom. The zero-order valence-corrected chi connectivity index (χ0v) is 10.3. The molecule has 14 heavy (non-hydrogen) atoms. The second-order valence-electron chi connectivity index (χ2n) is 4.80. The van der Waals surface area contributed by atoms with Crippen LogP contribution < -0.4 is 0 Å². The Hall–Kier alpha value is -0.130. The molecule has 0 radical (unpaired) electrons. The zero-order valence-electron chi connectivity index (χ0n) is 9.45. The third kappa shape index (κ3) is 2.93. The molecule has 0 aliphatic carbocycles. The van der Waals surface area contributed by atoms with Crippen molar-refractivity contribution in [2.45, 2.75) is 26.3 Å². The molecule has 0 aromatic heterocycles. The molecule has 0 N–H and O–H groups in total. The summed E-state index contributed by atoms with van der Waals surface area (Å²) in [4.78, 5) is 0. The maximum atomic E-state index is 11.2. The summed E-state index contributed by atoms with van der Waals surface area (Å²) in [5.74, 6) is 0.570. The van der Waals surface area contributed by atoms with E-state index in [0.717, 1.165) is 0 Å². The van der Waals surface area contributed by atoms with Gasteiger partial charge in [0.2, 0.25) is 0 Å². The summed E-state index contributed by atoms with van der Waals surface area (Å²) in [5, 5.41) is 4.24. The number of hydrogen-bond donors (Lipinski definition) is 0. The molecular formula is C9H20N2O2S. The van der Waals surface area contributed by atoms with Crippen molar-refractivity contribution in [3.05, 3.63) is 0 Å². The molecule has 0 amide bonds. The Bertz CT molecular complexity index is 278. The van der Waals surface area contributed by atoms with E-state index in [0.29, 0.717) is 13.1 Å². The van der Waals surface area contributed by atoms with E-state index in [9.17, 15) is 8.42 Å². The molecule has 0 saturated carbocycles. The van der Waals surface area contributed by atoms with Crippen molar-refractivity contribution >= 4 is 9.84 Å². The van der Waals surface area contributed by atoms with Crippen LogP contribution in [-0.2, 0) is 9.84 Å². The van der Waals surface area contributed by atoms with Crippen LogP contribution in [0.5, 0.6) is 0 Å². The minimum Gasteiger partial charge on any atom is -0.240 e. The van der Waals surface area contributed by atoms with Crippen LogP contribution in [0.2, 0.25) is 0 Å². The first-order valence-electron chi connectivity index (χ1n) is 4.91. The van der Waals surface area contributed by atoms with E-state index in [1.54, 1.807) is 0 Å². The highest BCUT2D eigenvalue weighted by Gasteiger charge is 2.28.